The zero-order chi connectivity index (χ0) is 30.1. The predicted molar refractivity (Wildman–Crippen MR) is 170 cm³/mol. The summed E-state index contributed by atoms with van der Waals surface area (Å²) in [7, 11) is 2.12. The number of esters is 1. The van der Waals surface area contributed by atoms with Gasteiger partial charge in [-0.25, -0.2) is 9.79 Å². The molecule has 0 saturated carbocycles. The minimum Gasteiger partial charge on any atom is -0.463 e. The topological polar surface area (TPSA) is 80.3 Å². The summed E-state index contributed by atoms with van der Waals surface area (Å²) >= 11 is 1.30. The molecule has 2 aliphatic rings. The molecule has 0 spiro atoms. The summed E-state index contributed by atoms with van der Waals surface area (Å²) in [6.07, 6.45) is 1.78. The fraction of sp³-hybridized carbons (Fsp3) is 0.324. The Hall–Kier alpha value is -4.21. The number of rotatable bonds is 7. The Balaban J connectivity index is 1.51. The third-order valence-corrected chi connectivity index (χ3v) is 8.98. The highest BCUT2D eigenvalue weighted by Gasteiger charge is 2.35. The van der Waals surface area contributed by atoms with Crippen molar-refractivity contribution in [2.75, 3.05) is 44.7 Å². The Morgan fingerprint density at radius 3 is 2.44 bits per heavy atom. The van der Waals surface area contributed by atoms with Gasteiger partial charge < -0.3 is 19.0 Å². The standard InChI is InChI=1S/C34H36N4O4S/c1-5-41-33(40)29-30(24-9-7-6-8-10-24)35-34-38(31(29)25-13-11-23(12-14-25)22(2)3)32(39)27(43-34)21-26-15-16-28(42-26)37-19-17-36(4)18-20-37/h6-16,21-22,31H,5,17-20H2,1-4H3/b27-21+/t31-/m0/s1. The second kappa shape index (κ2) is 12.2. The number of anilines is 1. The van der Waals surface area contributed by atoms with Gasteiger partial charge in [0.1, 0.15) is 5.76 Å². The summed E-state index contributed by atoms with van der Waals surface area (Å²) in [5.41, 5.74) is 3.41. The fourth-order valence-electron chi connectivity index (χ4n) is 5.56. The van der Waals surface area contributed by atoms with Crippen LogP contribution in [0.5, 0.6) is 0 Å². The number of thiazole rings is 1. The maximum absolute atomic E-state index is 14.1. The maximum atomic E-state index is 14.1. The van der Waals surface area contributed by atoms with Crippen molar-refractivity contribution in [1.82, 2.24) is 9.47 Å². The van der Waals surface area contributed by atoms with Crippen molar-refractivity contribution in [2.45, 2.75) is 32.7 Å². The lowest BCUT2D eigenvalue weighted by molar-refractivity contribution is -0.138. The predicted octanol–water partition coefficient (Wildman–Crippen LogP) is 4.40. The van der Waals surface area contributed by atoms with Gasteiger partial charge in [0, 0.05) is 43.9 Å². The molecule has 2 aliphatic heterocycles. The Morgan fingerprint density at radius 2 is 1.77 bits per heavy atom. The number of hydrogen-bond donors (Lipinski definition) is 0. The normalized spacial score (nSPS) is 17.7. The van der Waals surface area contributed by atoms with E-state index in [4.69, 9.17) is 14.1 Å². The van der Waals surface area contributed by atoms with Crippen LogP contribution in [0.25, 0.3) is 11.8 Å². The van der Waals surface area contributed by atoms with E-state index < -0.39 is 12.0 Å². The van der Waals surface area contributed by atoms with E-state index in [1.165, 1.54) is 16.9 Å². The minimum absolute atomic E-state index is 0.210. The van der Waals surface area contributed by atoms with E-state index >= 15 is 0 Å². The highest BCUT2D eigenvalue weighted by atomic mass is 32.1. The number of carbonyl (C=O) groups excluding carboxylic acids is 1. The first kappa shape index (κ1) is 28.9. The van der Waals surface area contributed by atoms with Gasteiger partial charge in [-0.2, -0.15) is 0 Å². The average Bonchev–Trinajstić information content (AvgIpc) is 3.61. The molecule has 8 nitrogen and oxygen atoms in total. The molecule has 1 fully saturated rings. The van der Waals surface area contributed by atoms with E-state index in [-0.39, 0.29) is 12.2 Å². The smallest absolute Gasteiger partial charge is 0.338 e. The van der Waals surface area contributed by atoms with Gasteiger partial charge in [-0.3, -0.25) is 9.36 Å². The van der Waals surface area contributed by atoms with Crippen LogP contribution >= 0.6 is 11.3 Å². The number of aromatic nitrogens is 1. The molecule has 1 atom stereocenters. The molecule has 2 aromatic heterocycles. The van der Waals surface area contributed by atoms with Crippen LogP contribution in [0.1, 0.15) is 55.2 Å². The first-order chi connectivity index (χ1) is 20.8. The number of likely N-dealkylation sites (N-methyl/N-ethyl adjacent to an activating group) is 1. The number of furan rings is 1. The third-order valence-electron chi connectivity index (χ3n) is 7.99. The summed E-state index contributed by atoms with van der Waals surface area (Å²) in [6.45, 7) is 9.99. The Kier molecular flexibility index (Phi) is 8.19. The second-order valence-electron chi connectivity index (χ2n) is 11.2. The van der Waals surface area contributed by atoms with Crippen LogP contribution in [0.4, 0.5) is 5.88 Å². The Morgan fingerprint density at radius 1 is 1.05 bits per heavy atom. The van der Waals surface area contributed by atoms with Gasteiger partial charge in [0.15, 0.2) is 10.7 Å². The van der Waals surface area contributed by atoms with Crippen molar-refractivity contribution in [1.29, 1.82) is 0 Å². The summed E-state index contributed by atoms with van der Waals surface area (Å²) in [6, 6.07) is 20.9. The van der Waals surface area contributed by atoms with E-state index in [1.807, 2.05) is 54.6 Å². The minimum atomic E-state index is -0.702. The molecule has 1 saturated heterocycles. The molecule has 9 heteroatoms. The summed E-state index contributed by atoms with van der Waals surface area (Å²) in [5, 5.41) is 0. The first-order valence-electron chi connectivity index (χ1n) is 14.8. The summed E-state index contributed by atoms with van der Waals surface area (Å²) in [4.78, 5) is 37.8. The number of carbonyl (C=O) groups is 1. The second-order valence-corrected chi connectivity index (χ2v) is 12.2. The zero-order valence-electron chi connectivity index (χ0n) is 24.9. The van der Waals surface area contributed by atoms with Crippen molar-refractivity contribution in [3.63, 3.8) is 0 Å². The lowest BCUT2D eigenvalue weighted by atomic mass is 9.91. The molecule has 0 N–H and O–H groups in total. The van der Waals surface area contributed by atoms with Gasteiger partial charge in [0.2, 0.25) is 0 Å². The van der Waals surface area contributed by atoms with Crippen LogP contribution in [-0.4, -0.2) is 55.3 Å². The van der Waals surface area contributed by atoms with Crippen molar-refractivity contribution < 1.29 is 13.9 Å². The monoisotopic (exact) mass is 596 g/mol. The van der Waals surface area contributed by atoms with E-state index in [0.717, 1.165) is 43.2 Å². The number of nitrogens with zero attached hydrogens (tertiary/aromatic N) is 4. The Labute approximate surface area is 254 Å². The van der Waals surface area contributed by atoms with E-state index in [9.17, 15) is 9.59 Å². The van der Waals surface area contributed by atoms with E-state index in [0.29, 0.717) is 32.3 Å². The van der Waals surface area contributed by atoms with Crippen molar-refractivity contribution >= 4 is 35.0 Å². The fourth-order valence-corrected chi connectivity index (χ4v) is 6.55. The number of hydrogen-bond acceptors (Lipinski definition) is 8. The van der Waals surface area contributed by atoms with Crippen LogP contribution in [-0.2, 0) is 9.53 Å². The van der Waals surface area contributed by atoms with Crippen molar-refractivity contribution in [2.24, 2.45) is 4.99 Å². The zero-order valence-corrected chi connectivity index (χ0v) is 25.8. The number of fused-ring (bicyclic) bond motifs is 1. The molecule has 0 unspecified atom stereocenters. The van der Waals surface area contributed by atoms with Gasteiger partial charge in [-0.05, 0) is 37.1 Å². The first-order valence-corrected chi connectivity index (χ1v) is 15.6. The summed E-state index contributed by atoms with van der Waals surface area (Å²) < 4.78 is 13.9. The molecule has 2 aromatic carbocycles. The molecule has 6 rings (SSSR count). The van der Waals surface area contributed by atoms with Gasteiger partial charge in [-0.1, -0.05) is 79.8 Å². The SMILES string of the molecule is CCOC(=O)C1=C(c2ccccc2)N=c2s/c(=C/c3ccc(N4CCN(C)CC4)o3)c(=O)n2[C@H]1c1ccc(C(C)C)cc1. The summed E-state index contributed by atoms with van der Waals surface area (Å²) in [5.74, 6) is 1.26. The molecular weight excluding hydrogens is 560 g/mol. The van der Waals surface area contributed by atoms with Crippen LogP contribution in [0.15, 0.2) is 86.5 Å². The van der Waals surface area contributed by atoms with Crippen molar-refractivity contribution in [3.8, 4) is 0 Å². The third kappa shape index (κ3) is 5.75. The number of ether oxygens (including phenoxy) is 1. The lowest BCUT2D eigenvalue weighted by Gasteiger charge is -2.32. The van der Waals surface area contributed by atoms with Crippen LogP contribution in [0.2, 0.25) is 0 Å². The van der Waals surface area contributed by atoms with E-state index in [1.54, 1.807) is 17.6 Å². The molecular formula is C34H36N4O4S. The lowest BCUT2D eigenvalue weighted by Crippen LogP contribution is -2.44. The quantitative estimate of drug-likeness (QED) is 0.294. The molecule has 0 aliphatic carbocycles. The van der Waals surface area contributed by atoms with Crippen molar-refractivity contribution in [3.05, 3.63) is 114 Å². The molecule has 43 heavy (non-hydrogen) atoms. The Bertz CT molecular complexity index is 1830. The molecule has 0 bridgehead atoms. The highest BCUT2D eigenvalue weighted by Crippen LogP contribution is 2.35. The molecule has 4 aromatic rings. The van der Waals surface area contributed by atoms with E-state index in [2.05, 4.69) is 42.8 Å². The largest absolute Gasteiger partial charge is 0.463 e. The molecule has 222 valence electrons. The average molecular weight is 597 g/mol. The highest BCUT2D eigenvalue weighted by molar-refractivity contribution is 7.07. The van der Waals surface area contributed by atoms with Crippen LogP contribution in [0, 0.1) is 0 Å². The van der Waals surface area contributed by atoms with Gasteiger partial charge in [0.05, 0.1) is 28.5 Å². The molecule has 4 heterocycles. The van der Waals surface area contributed by atoms with Gasteiger partial charge in [-0.15, -0.1) is 0 Å². The maximum Gasteiger partial charge on any atom is 0.338 e. The number of benzene rings is 2. The molecule has 0 radical (unpaired) electrons. The van der Waals surface area contributed by atoms with Gasteiger partial charge >= 0.3 is 5.97 Å². The van der Waals surface area contributed by atoms with Crippen LogP contribution in [0.3, 0.4) is 0 Å². The van der Waals surface area contributed by atoms with Gasteiger partial charge in [0.25, 0.3) is 5.56 Å². The van der Waals surface area contributed by atoms with Crippen LogP contribution < -0.4 is 19.8 Å². The molecule has 0 amide bonds. The number of piperazine rings is 1.